The van der Waals surface area contributed by atoms with Crippen molar-refractivity contribution >= 4 is 23.2 Å². The third kappa shape index (κ3) is 6.30. The van der Waals surface area contributed by atoms with Gasteiger partial charge in [0.1, 0.15) is 5.75 Å². The van der Waals surface area contributed by atoms with E-state index >= 15 is 0 Å². The predicted molar refractivity (Wildman–Crippen MR) is 99.9 cm³/mol. The van der Waals surface area contributed by atoms with E-state index in [0.717, 1.165) is 24.9 Å². The zero-order valence-electron chi connectivity index (χ0n) is 14.7. The molecule has 5 heteroatoms. The van der Waals surface area contributed by atoms with Gasteiger partial charge in [-0.05, 0) is 42.7 Å². The van der Waals surface area contributed by atoms with Crippen LogP contribution in [0.5, 0.6) is 5.75 Å². The second kappa shape index (κ2) is 9.47. The SMILES string of the molecule is CCCCc1ccc(NC(=O)COc2ccccc2NC(C)=O)cc1. The zero-order chi connectivity index (χ0) is 18.1. The molecule has 0 heterocycles. The van der Waals surface area contributed by atoms with E-state index in [-0.39, 0.29) is 18.4 Å². The number of rotatable bonds is 8. The highest BCUT2D eigenvalue weighted by Gasteiger charge is 2.08. The topological polar surface area (TPSA) is 67.4 Å². The second-order valence-electron chi connectivity index (χ2n) is 5.81. The van der Waals surface area contributed by atoms with Crippen LogP contribution in [0.4, 0.5) is 11.4 Å². The fourth-order valence-corrected chi connectivity index (χ4v) is 2.36. The number of amides is 2. The van der Waals surface area contributed by atoms with E-state index in [9.17, 15) is 9.59 Å². The molecule has 0 aliphatic heterocycles. The highest BCUT2D eigenvalue weighted by atomic mass is 16.5. The average molecular weight is 340 g/mol. The van der Waals surface area contributed by atoms with Crippen molar-refractivity contribution in [2.45, 2.75) is 33.1 Å². The molecule has 2 rings (SSSR count). The molecule has 2 amide bonds. The molecule has 0 aromatic heterocycles. The Balaban J connectivity index is 1.87. The van der Waals surface area contributed by atoms with Gasteiger partial charge in [-0.1, -0.05) is 37.6 Å². The number of hydrogen-bond acceptors (Lipinski definition) is 3. The van der Waals surface area contributed by atoms with Crippen LogP contribution in [0.3, 0.4) is 0 Å². The number of benzene rings is 2. The molecule has 25 heavy (non-hydrogen) atoms. The van der Waals surface area contributed by atoms with Crippen LogP contribution in [0.1, 0.15) is 32.3 Å². The van der Waals surface area contributed by atoms with Crippen LogP contribution in [0.25, 0.3) is 0 Å². The van der Waals surface area contributed by atoms with Gasteiger partial charge in [-0.25, -0.2) is 0 Å². The number of anilines is 2. The summed E-state index contributed by atoms with van der Waals surface area (Å²) < 4.78 is 5.52. The van der Waals surface area contributed by atoms with Gasteiger partial charge >= 0.3 is 0 Å². The molecule has 5 nitrogen and oxygen atoms in total. The summed E-state index contributed by atoms with van der Waals surface area (Å²) in [4.78, 5) is 23.2. The number of nitrogens with one attached hydrogen (secondary N) is 2. The smallest absolute Gasteiger partial charge is 0.262 e. The Hall–Kier alpha value is -2.82. The van der Waals surface area contributed by atoms with E-state index in [4.69, 9.17) is 4.74 Å². The Bertz CT molecular complexity index is 711. The van der Waals surface area contributed by atoms with Gasteiger partial charge < -0.3 is 15.4 Å². The van der Waals surface area contributed by atoms with Crippen molar-refractivity contribution in [3.05, 3.63) is 54.1 Å². The molecule has 0 radical (unpaired) electrons. The summed E-state index contributed by atoms with van der Waals surface area (Å²) in [6, 6.07) is 14.9. The molecule has 132 valence electrons. The van der Waals surface area contributed by atoms with Crippen LogP contribution in [0, 0.1) is 0 Å². The maximum Gasteiger partial charge on any atom is 0.262 e. The first-order valence-corrected chi connectivity index (χ1v) is 8.46. The molecule has 0 saturated carbocycles. The van der Waals surface area contributed by atoms with Crippen LogP contribution < -0.4 is 15.4 Å². The Morgan fingerprint density at radius 1 is 1.00 bits per heavy atom. The first kappa shape index (κ1) is 18.5. The van der Waals surface area contributed by atoms with E-state index < -0.39 is 0 Å². The van der Waals surface area contributed by atoms with Crippen LogP contribution in [-0.2, 0) is 16.0 Å². The number of hydrogen-bond donors (Lipinski definition) is 2. The average Bonchev–Trinajstić information content (AvgIpc) is 2.60. The number of aryl methyl sites for hydroxylation is 1. The highest BCUT2D eigenvalue weighted by molar-refractivity contribution is 5.92. The zero-order valence-corrected chi connectivity index (χ0v) is 14.7. The van der Waals surface area contributed by atoms with E-state index in [1.807, 2.05) is 24.3 Å². The maximum atomic E-state index is 12.1. The van der Waals surface area contributed by atoms with Crippen molar-refractivity contribution in [3.8, 4) is 5.75 Å². The van der Waals surface area contributed by atoms with Gasteiger partial charge in [0.25, 0.3) is 5.91 Å². The molecule has 2 aromatic carbocycles. The molecule has 2 N–H and O–H groups in total. The Morgan fingerprint density at radius 3 is 2.40 bits per heavy atom. The lowest BCUT2D eigenvalue weighted by atomic mass is 10.1. The third-order valence-electron chi connectivity index (χ3n) is 3.61. The van der Waals surface area contributed by atoms with Crippen LogP contribution in [0.15, 0.2) is 48.5 Å². The predicted octanol–water partition coefficient (Wildman–Crippen LogP) is 4.01. The molecule has 0 bridgehead atoms. The summed E-state index contributed by atoms with van der Waals surface area (Å²) in [7, 11) is 0. The summed E-state index contributed by atoms with van der Waals surface area (Å²) in [5.74, 6) is 0.0189. The molecule has 0 aliphatic carbocycles. The second-order valence-corrected chi connectivity index (χ2v) is 5.81. The van der Waals surface area contributed by atoms with Crippen molar-refractivity contribution in [1.82, 2.24) is 0 Å². The number of ether oxygens (including phenoxy) is 1. The summed E-state index contributed by atoms with van der Waals surface area (Å²) in [5.41, 5.74) is 2.55. The molecule has 0 saturated heterocycles. The minimum absolute atomic E-state index is 0.131. The van der Waals surface area contributed by atoms with Crippen molar-refractivity contribution in [1.29, 1.82) is 0 Å². The number of para-hydroxylation sites is 2. The van der Waals surface area contributed by atoms with Gasteiger partial charge in [0.05, 0.1) is 5.69 Å². The lowest BCUT2D eigenvalue weighted by molar-refractivity contribution is -0.118. The number of carbonyl (C=O) groups excluding carboxylic acids is 2. The first-order chi connectivity index (χ1) is 12.1. The van der Waals surface area contributed by atoms with Gasteiger partial charge in [-0.3, -0.25) is 9.59 Å². The molecule has 0 fully saturated rings. The van der Waals surface area contributed by atoms with Crippen LogP contribution in [0.2, 0.25) is 0 Å². The molecule has 0 aliphatic rings. The highest BCUT2D eigenvalue weighted by Crippen LogP contribution is 2.23. The molecule has 0 atom stereocenters. The molecular formula is C20H24N2O3. The molecule has 2 aromatic rings. The Labute approximate surface area is 148 Å². The Morgan fingerprint density at radius 2 is 1.72 bits per heavy atom. The summed E-state index contributed by atoms with van der Waals surface area (Å²) in [6.07, 6.45) is 3.37. The van der Waals surface area contributed by atoms with Gasteiger partial charge in [0.15, 0.2) is 6.61 Å². The minimum atomic E-state index is -0.251. The molecule has 0 unspecified atom stereocenters. The maximum absolute atomic E-state index is 12.1. The number of unbranched alkanes of at least 4 members (excludes halogenated alkanes) is 1. The van der Waals surface area contributed by atoms with Crippen LogP contribution >= 0.6 is 0 Å². The normalized spacial score (nSPS) is 10.2. The van der Waals surface area contributed by atoms with Crippen molar-refractivity contribution < 1.29 is 14.3 Å². The summed E-state index contributed by atoms with van der Waals surface area (Å²) in [6.45, 7) is 3.46. The van der Waals surface area contributed by atoms with Gasteiger partial charge in [-0.2, -0.15) is 0 Å². The Kier molecular flexibility index (Phi) is 7.01. The molecular weight excluding hydrogens is 316 g/mol. The molecule has 0 spiro atoms. The van der Waals surface area contributed by atoms with E-state index in [1.165, 1.54) is 12.5 Å². The lowest BCUT2D eigenvalue weighted by Crippen LogP contribution is -2.20. The van der Waals surface area contributed by atoms with Crippen molar-refractivity contribution in [2.75, 3.05) is 17.2 Å². The van der Waals surface area contributed by atoms with Gasteiger partial charge in [-0.15, -0.1) is 0 Å². The van der Waals surface area contributed by atoms with Crippen LogP contribution in [-0.4, -0.2) is 18.4 Å². The van der Waals surface area contributed by atoms with Crippen molar-refractivity contribution in [3.63, 3.8) is 0 Å². The monoisotopic (exact) mass is 340 g/mol. The van der Waals surface area contributed by atoms with Gasteiger partial charge in [0.2, 0.25) is 5.91 Å². The lowest BCUT2D eigenvalue weighted by Gasteiger charge is -2.12. The van der Waals surface area contributed by atoms with E-state index in [0.29, 0.717) is 11.4 Å². The van der Waals surface area contributed by atoms with Crippen molar-refractivity contribution in [2.24, 2.45) is 0 Å². The number of carbonyl (C=O) groups is 2. The third-order valence-corrected chi connectivity index (χ3v) is 3.61. The largest absolute Gasteiger partial charge is 0.482 e. The fraction of sp³-hybridized carbons (Fsp3) is 0.300. The summed E-state index contributed by atoms with van der Waals surface area (Å²) in [5, 5.41) is 5.48. The van der Waals surface area contributed by atoms with E-state index in [2.05, 4.69) is 17.6 Å². The standard InChI is InChI=1S/C20H24N2O3/c1-3-4-7-16-10-12-17(13-11-16)22-20(24)14-25-19-9-6-5-8-18(19)21-15(2)23/h5-6,8-13H,3-4,7,14H2,1-2H3,(H,21,23)(H,22,24). The van der Waals surface area contributed by atoms with Gasteiger partial charge in [0, 0.05) is 12.6 Å². The first-order valence-electron chi connectivity index (χ1n) is 8.46. The summed E-state index contributed by atoms with van der Waals surface area (Å²) >= 11 is 0. The van der Waals surface area contributed by atoms with E-state index in [1.54, 1.807) is 24.3 Å². The quantitative estimate of drug-likeness (QED) is 0.763. The fourth-order valence-electron chi connectivity index (χ4n) is 2.36. The minimum Gasteiger partial charge on any atom is -0.482 e.